The van der Waals surface area contributed by atoms with Crippen molar-refractivity contribution in [3.63, 3.8) is 0 Å². The fourth-order valence-electron chi connectivity index (χ4n) is 2.51. The number of anilines is 2. The van der Waals surface area contributed by atoms with Crippen molar-refractivity contribution in [2.45, 2.75) is 18.7 Å². The maximum atomic E-state index is 12.9. The van der Waals surface area contributed by atoms with Crippen molar-refractivity contribution in [3.8, 4) is 0 Å². The van der Waals surface area contributed by atoms with Gasteiger partial charge in [-0.25, -0.2) is 8.42 Å². The van der Waals surface area contributed by atoms with Gasteiger partial charge in [-0.3, -0.25) is 14.4 Å². The van der Waals surface area contributed by atoms with Crippen LogP contribution in [0.3, 0.4) is 0 Å². The van der Waals surface area contributed by atoms with Crippen molar-refractivity contribution < 1.29 is 13.2 Å². The fraction of sp³-hybridized carbons (Fsp3) is 0.167. The molecule has 0 aliphatic heterocycles. The van der Waals surface area contributed by atoms with E-state index < -0.39 is 10.0 Å². The molecule has 0 saturated carbocycles. The number of aromatic nitrogens is 2. The highest BCUT2D eigenvalue weighted by atomic mass is 32.2. The number of aryl methyl sites for hydroxylation is 1. The monoisotopic (exact) mass is 402 g/mol. The van der Waals surface area contributed by atoms with Crippen LogP contribution in [0.25, 0.3) is 0 Å². The van der Waals surface area contributed by atoms with Crippen molar-refractivity contribution in [2.24, 2.45) is 0 Å². The molecule has 0 atom stereocenters. The fourth-order valence-corrected chi connectivity index (χ4v) is 4.57. The number of carbonyl (C=O) groups is 1. The zero-order valence-corrected chi connectivity index (χ0v) is 16.4. The van der Waals surface area contributed by atoms with Gasteiger partial charge in [0, 0.05) is 12.1 Å². The largest absolute Gasteiger partial charge is 0.296 e. The van der Waals surface area contributed by atoms with E-state index in [2.05, 4.69) is 15.5 Å². The molecule has 9 heteroatoms. The van der Waals surface area contributed by atoms with Gasteiger partial charge in [0.05, 0.1) is 10.6 Å². The third-order valence-electron chi connectivity index (χ3n) is 3.78. The first-order chi connectivity index (χ1) is 12.9. The Balaban J connectivity index is 1.82. The van der Waals surface area contributed by atoms with Crippen LogP contribution in [0.4, 0.5) is 10.8 Å². The van der Waals surface area contributed by atoms with Gasteiger partial charge in [-0.2, -0.15) is 0 Å². The molecular weight excluding hydrogens is 384 g/mol. The van der Waals surface area contributed by atoms with Crippen molar-refractivity contribution >= 4 is 38.1 Å². The normalized spacial score (nSPS) is 11.2. The summed E-state index contributed by atoms with van der Waals surface area (Å²) in [6.45, 7) is 3.86. The molecule has 140 valence electrons. The van der Waals surface area contributed by atoms with E-state index in [-0.39, 0.29) is 10.8 Å². The predicted molar refractivity (Wildman–Crippen MR) is 106 cm³/mol. The Kier molecular flexibility index (Phi) is 5.52. The van der Waals surface area contributed by atoms with Crippen LogP contribution in [0.1, 0.15) is 22.3 Å². The summed E-state index contributed by atoms with van der Waals surface area (Å²) >= 11 is 1.27. The molecule has 1 aromatic heterocycles. The Morgan fingerprint density at radius 3 is 2.30 bits per heavy atom. The van der Waals surface area contributed by atoms with Crippen molar-refractivity contribution in [3.05, 3.63) is 65.2 Å². The molecule has 0 aliphatic carbocycles. The second-order valence-corrected chi connectivity index (χ2v) is 8.65. The molecule has 1 N–H and O–H groups in total. The molecule has 3 aromatic rings. The van der Waals surface area contributed by atoms with Crippen LogP contribution >= 0.6 is 11.3 Å². The molecule has 0 aliphatic rings. The maximum Gasteiger partial charge on any atom is 0.264 e. The minimum atomic E-state index is -3.72. The van der Waals surface area contributed by atoms with Gasteiger partial charge in [0.2, 0.25) is 5.13 Å². The standard InChI is InChI=1S/C18H18N4O3S2/c1-3-22(15-7-5-4-6-8-15)27(24,25)16-11-9-14(10-12-16)17(23)19-18-21-20-13(2)26-18/h4-12H,3H2,1-2H3,(H,19,21,23). The Morgan fingerprint density at radius 1 is 1.07 bits per heavy atom. The van der Waals surface area contributed by atoms with Crippen LogP contribution in [0.2, 0.25) is 0 Å². The lowest BCUT2D eigenvalue weighted by atomic mass is 10.2. The molecular formula is C18H18N4O3S2. The van der Waals surface area contributed by atoms with Gasteiger partial charge in [-0.1, -0.05) is 29.5 Å². The lowest BCUT2D eigenvalue weighted by Gasteiger charge is -2.22. The number of sulfonamides is 1. The third-order valence-corrected chi connectivity index (χ3v) is 6.45. The highest BCUT2D eigenvalue weighted by Gasteiger charge is 2.23. The molecule has 7 nitrogen and oxygen atoms in total. The first-order valence-electron chi connectivity index (χ1n) is 8.21. The number of hydrogen-bond acceptors (Lipinski definition) is 6. The molecule has 0 bridgehead atoms. The average molecular weight is 403 g/mol. The summed E-state index contributed by atoms with van der Waals surface area (Å²) in [5.41, 5.74) is 0.929. The lowest BCUT2D eigenvalue weighted by Crippen LogP contribution is -2.30. The van der Waals surface area contributed by atoms with Crippen molar-refractivity contribution in [1.29, 1.82) is 0 Å². The van der Waals surface area contributed by atoms with E-state index in [9.17, 15) is 13.2 Å². The third kappa shape index (κ3) is 4.15. The summed E-state index contributed by atoms with van der Waals surface area (Å²) < 4.78 is 27.2. The molecule has 1 amide bonds. The number of hydrogen-bond donors (Lipinski definition) is 1. The highest BCUT2D eigenvalue weighted by Crippen LogP contribution is 2.23. The minimum absolute atomic E-state index is 0.122. The van der Waals surface area contributed by atoms with Crippen molar-refractivity contribution in [1.82, 2.24) is 10.2 Å². The van der Waals surface area contributed by atoms with E-state index in [0.717, 1.165) is 5.01 Å². The first-order valence-corrected chi connectivity index (χ1v) is 10.5. The quantitative estimate of drug-likeness (QED) is 0.683. The molecule has 0 spiro atoms. The number of amides is 1. The molecule has 0 unspecified atom stereocenters. The van der Waals surface area contributed by atoms with E-state index in [4.69, 9.17) is 0 Å². The molecule has 2 aromatic carbocycles. The SMILES string of the molecule is CCN(c1ccccc1)S(=O)(=O)c1ccc(C(=O)Nc2nnc(C)s2)cc1. The van der Waals surface area contributed by atoms with Crippen LogP contribution in [0.15, 0.2) is 59.5 Å². The topological polar surface area (TPSA) is 92.3 Å². The van der Waals surface area contributed by atoms with Gasteiger partial charge in [0.25, 0.3) is 15.9 Å². The van der Waals surface area contributed by atoms with E-state index in [1.165, 1.54) is 39.9 Å². The van der Waals surface area contributed by atoms with E-state index in [1.807, 2.05) is 6.07 Å². The number of carbonyl (C=O) groups excluding carboxylic acids is 1. The Hall–Kier alpha value is -2.78. The number of nitrogens with zero attached hydrogens (tertiary/aromatic N) is 3. The molecule has 0 radical (unpaired) electrons. The molecule has 3 rings (SSSR count). The minimum Gasteiger partial charge on any atom is -0.296 e. The second-order valence-electron chi connectivity index (χ2n) is 5.61. The van der Waals surface area contributed by atoms with Gasteiger partial charge >= 0.3 is 0 Å². The van der Waals surface area contributed by atoms with Gasteiger partial charge < -0.3 is 0 Å². The zero-order valence-electron chi connectivity index (χ0n) is 14.8. The summed E-state index contributed by atoms with van der Waals surface area (Å²) in [7, 11) is -3.72. The summed E-state index contributed by atoms with van der Waals surface area (Å²) in [5, 5.41) is 11.5. The lowest BCUT2D eigenvalue weighted by molar-refractivity contribution is 0.102. The Labute approximate surface area is 161 Å². The predicted octanol–water partition coefficient (Wildman–Crippen LogP) is 3.31. The Morgan fingerprint density at radius 2 is 1.74 bits per heavy atom. The van der Waals surface area contributed by atoms with Crippen LogP contribution in [0, 0.1) is 6.92 Å². The summed E-state index contributed by atoms with van der Waals surface area (Å²) in [4.78, 5) is 12.4. The summed E-state index contributed by atoms with van der Waals surface area (Å²) in [6, 6.07) is 14.7. The zero-order chi connectivity index (χ0) is 19.4. The van der Waals surface area contributed by atoms with Gasteiger partial charge in [-0.15, -0.1) is 10.2 Å². The second kappa shape index (κ2) is 7.85. The van der Waals surface area contributed by atoms with E-state index in [0.29, 0.717) is 22.9 Å². The van der Waals surface area contributed by atoms with E-state index in [1.54, 1.807) is 38.1 Å². The first kappa shape index (κ1) is 19.0. The van der Waals surface area contributed by atoms with E-state index >= 15 is 0 Å². The summed E-state index contributed by atoms with van der Waals surface area (Å²) in [6.07, 6.45) is 0. The Bertz CT molecular complexity index is 1030. The number of rotatable bonds is 6. The molecule has 27 heavy (non-hydrogen) atoms. The van der Waals surface area contributed by atoms with Crippen LogP contribution in [-0.4, -0.2) is 31.1 Å². The van der Waals surface area contributed by atoms with Crippen molar-refractivity contribution in [2.75, 3.05) is 16.2 Å². The van der Waals surface area contributed by atoms with Gasteiger partial charge in [0.15, 0.2) is 0 Å². The molecule has 1 heterocycles. The summed E-state index contributed by atoms with van der Waals surface area (Å²) in [5.74, 6) is -0.370. The number of benzene rings is 2. The van der Waals surface area contributed by atoms with Gasteiger partial charge in [-0.05, 0) is 50.2 Å². The highest BCUT2D eigenvalue weighted by molar-refractivity contribution is 7.92. The van der Waals surface area contributed by atoms with Crippen LogP contribution in [-0.2, 0) is 10.0 Å². The average Bonchev–Trinajstić information content (AvgIpc) is 3.08. The number of para-hydroxylation sites is 1. The van der Waals surface area contributed by atoms with Crippen LogP contribution in [0.5, 0.6) is 0 Å². The maximum absolute atomic E-state index is 12.9. The van der Waals surface area contributed by atoms with Gasteiger partial charge in [0.1, 0.15) is 5.01 Å². The number of nitrogens with one attached hydrogen (secondary N) is 1. The van der Waals surface area contributed by atoms with Crippen LogP contribution < -0.4 is 9.62 Å². The smallest absolute Gasteiger partial charge is 0.264 e. The molecule has 0 saturated heterocycles. The molecule has 0 fully saturated rings.